The van der Waals surface area contributed by atoms with Gasteiger partial charge in [0.25, 0.3) is 0 Å². The van der Waals surface area contributed by atoms with E-state index in [0.29, 0.717) is 12.5 Å². The average Bonchev–Trinajstić information content (AvgIpc) is 2.37. The van der Waals surface area contributed by atoms with Crippen LogP contribution in [0.3, 0.4) is 0 Å². The Balaban J connectivity index is 0.00000121. The molecule has 12 heavy (non-hydrogen) atoms. The number of rotatable bonds is 3. The predicted molar refractivity (Wildman–Crippen MR) is 52.7 cm³/mol. The standard InChI is InChI=1S/C8H15N3.ClH/c1-6(2)8-10-5-7(11-8)3-4-9;/h5-6H,3-4,9H2,1-2H3,(H,10,11);1H. The molecule has 0 aromatic carbocycles. The zero-order valence-electron chi connectivity index (χ0n) is 7.50. The summed E-state index contributed by atoms with van der Waals surface area (Å²) in [5, 5.41) is 0. The van der Waals surface area contributed by atoms with Crippen molar-refractivity contribution in [1.82, 2.24) is 9.97 Å². The molecule has 3 N–H and O–H groups in total. The Morgan fingerprint density at radius 1 is 1.58 bits per heavy atom. The van der Waals surface area contributed by atoms with E-state index in [1.165, 1.54) is 0 Å². The number of imidazole rings is 1. The second kappa shape index (κ2) is 5.17. The second-order valence-electron chi connectivity index (χ2n) is 2.99. The number of nitrogens with one attached hydrogen (secondary N) is 1. The molecule has 70 valence electrons. The Labute approximate surface area is 79.2 Å². The van der Waals surface area contributed by atoms with Crippen LogP contribution < -0.4 is 5.73 Å². The monoisotopic (exact) mass is 189 g/mol. The fourth-order valence-electron chi connectivity index (χ4n) is 0.952. The van der Waals surface area contributed by atoms with E-state index in [4.69, 9.17) is 5.73 Å². The van der Waals surface area contributed by atoms with Crippen LogP contribution in [0.25, 0.3) is 0 Å². The average molecular weight is 190 g/mol. The van der Waals surface area contributed by atoms with Crippen molar-refractivity contribution >= 4 is 12.4 Å². The van der Waals surface area contributed by atoms with E-state index < -0.39 is 0 Å². The zero-order chi connectivity index (χ0) is 8.27. The van der Waals surface area contributed by atoms with Gasteiger partial charge in [-0.2, -0.15) is 0 Å². The Hall–Kier alpha value is -0.540. The lowest BCUT2D eigenvalue weighted by atomic mass is 10.2. The molecule has 0 saturated heterocycles. The van der Waals surface area contributed by atoms with Gasteiger partial charge in [0.05, 0.1) is 0 Å². The summed E-state index contributed by atoms with van der Waals surface area (Å²) >= 11 is 0. The molecule has 3 nitrogen and oxygen atoms in total. The predicted octanol–water partition coefficient (Wildman–Crippen LogP) is 1.46. The van der Waals surface area contributed by atoms with Crippen molar-refractivity contribution in [3.63, 3.8) is 0 Å². The first-order valence-corrected chi connectivity index (χ1v) is 3.98. The molecule has 0 bridgehead atoms. The maximum atomic E-state index is 5.40. The highest BCUT2D eigenvalue weighted by molar-refractivity contribution is 5.85. The van der Waals surface area contributed by atoms with Crippen LogP contribution >= 0.6 is 12.4 Å². The topological polar surface area (TPSA) is 54.7 Å². The summed E-state index contributed by atoms with van der Waals surface area (Å²) in [6.45, 7) is 4.91. The van der Waals surface area contributed by atoms with Crippen LogP contribution in [0.15, 0.2) is 6.20 Å². The molecule has 1 heterocycles. The van der Waals surface area contributed by atoms with Gasteiger partial charge in [-0.3, -0.25) is 0 Å². The first-order chi connectivity index (χ1) is 5.24. The number of H-pyrrole nitrogens is 1. The molecule has 0 aliphatic rings. The molecule has 0 aliphatic heterocycles. The summed E-state index contributed by atoms with van der Waals surface area (Å²) in [4.78, 5) is 7.45. The van der Waals surface area contributed by atoms with Crippen molar-refractivity contribution in [2.45, 2.75) is 26.2 Å². The summed E-state index contributed by atoms with van der Waals surface area (Å²) in [7, 11) is 0. The molecular weight excluding hydrogens is 174 g/mol. The third-order valence-corrected chi connectivity index (χ3v) is 1.61. The fourth-order valence-corrected chi connectivity index (χ4v) is 0.952. The van der Waals surface area contributed by atoms with Crippen LogP contribution in [0, 0.1) is 0 Å². The van der Waals surface area contributed by atoms with Gasteiger partial charge in [0.15, 0.2) is 0 Å². The van der Waals surface area contributed by atoms with E-state index in [2.05, 4.69) is 23.8 Å². The van der Waals surface area contributed by atoms with E-state index in [9.17, 15) is 0 Å². The highest BCUT2D eigenvalue weighted by atomic mass is 35.5. The first-order valence-electron chi connectivity index (χ1n) is 3.98. The van der Waals surface area contributed by atoms with E-state index in [0.717, 1.165) is 17.9 Å². The van der Waals surface area contributed by atoms with Gasteiger partial charge in [0.1, 0.15) is 5.82 Å². The molecule has 0 radical (unpaired) electrons. The number of aromatic nitrogens is 2. The van der Waals surface area contributed by atoms with Crippen LogP contribution in [0.4, 0.5) is 0 Å². The summed E-state index contributed by atoms with van der Waals surface area (Å²) in [5.41, 5.74) is 6.53. The van der Waals surface area contributed by atoms with Crippen molar-refractivity contribution in [2.75, 3.05) is 6.54 Å². The van der Waals surface area contributed by atoms with Gasteiger partial charge in [0.2, 0.25) is 0 Å². The molecule has 0 saturated carbocycles. The number of nitrogens with zero attached hydrogens (tertiary/aromatic N) is 1. The zero-order valence-corrected chi connectivity index (χ0v) is 8.32. The molecule has 1 aromatic rings. The van der Waals surface area contributed by atoms with Gasteiger partial charge >= 0.3 is 0 Å². The fraction of sp³-hybridized carbons (Fsp3) is 0.625. The van der Waals surface area contributed by atoms with Crippen molar-refractivity contribution < 1.29 is 0 Å². The number of halogens is 1. The lowest BCUT2D eigenvalue weighted by molar-refractivity contribution is 0.786. The maximum absolute atomic E-state index is 5.40. The summed E-state index contributed by atoms with van der Waals surface area (Å²) in [6, 6.07) is 0. The van der Waals surface area contributed by atoms with Gasteiger partial charge in [-0.15, -0.1) is 12.4 Å². The van der Waals surface area contributed by atoms with Gasteiger partial charge in [-0.1, -0.05) is 13.8 Å². The van der Waals surface area contributed by atoms with Gasteiger partial charge < -0.3 is 10.7 Å². The number of nitrogens with two attached hydrogens (primary N) is 1. The second-order valence-corrected chi connectivity index (χ2v) is 2.99. The van der Waals surface area contributed by atoms with Crippen molar-refractivity contribution in [1.29, 1.82) is 0 Å². The van der Waals surface area contributed by atoms with Crippen molar-refractivity contribution in [3.05, 3.63) is 17.7 Å². The van der Waals surface area contributed by atoms with Gasteiger partial charge in [-0.25, -0.2) is 4.98 Å². The van der Waals surface area contributed by atoms with E-state index in [1.807, 2.05) is 6.20 Å². The molecule has 0 atom stereocenters. The minimum atomic E-state index is 0. The molecule has 0 amide bonds. The Kier molecular flexibility index (Phi) is 4.93. The third-order valence-electron chi connectivity index (χ3n) is 1.61. The van der Waals surface area contributed by atoms with Crippen LogP contribution in [0.1, 0.15) is 31.3 Å². The number of hydrogen-bond donors (Lipinski definition) is 2. The van der Waals surface area contributed by atoms with E-state index >= 15 is 0 Å². The van der Waals surface area contributed by atoms with Crippen molar-refractivity contribution in [2.24, 2.45) is 5.73 Å². The van der Waals surface area contributed by atoms with Crippen LogP contribution in [-0.2, 0) is 6.42 Å². The smallest absolute Gasteiger partial charge is 0.108 e. The number of aromatic amines is 1. The van der Waals surface area contributed by atoms with Crippen LogP contribution in [0.2, 0.25) is 0 Å². The molecule has 0 aliphatic carbocycles. The molecule has 0 unspecified atom stereocenters. The number of hydrogen-bond acceptors (Lipinski definition) is 2. The van der Waals surface area contributed by atoms with Gasteiger partial charge in [0, 0.05) is 24.2 Å². The normalized spacial score (nSPS) is 10.0. The molecule has 0 spiro atoms. The lowest BCUT2D eigenvalue weighted by Gasteiger charge is -1.97. The Bertz CT molecular complexity index is 220. The molecule has 1 aromatic heterocycles. The largest absolute Gasteiger partial charge is 0.346 e. The molecule has 4 heteroatoms. The molecule has 1 rings (SSSR count). The Morgan fingerprint density at radius 3 is 2.67 bits per heavy atom. The maximum Gasteiger partial charge on any atom is 0.108 e. The molecule has 0 fully saturated rings. The van der Waals surface area contributed by atoms with E-state index in [-0.39, 0.29) is 12.4 Å². The van der Waals surface area contributed by atoms with Crippen molar-refractivity contribution in [3.8, 4) is 0 Å². The lowest BCUT2D eigenvalue weighted by Crippen LogP contribution is -2.02. The minimum Gasteiger partial charge on any atom is -0.346 e. The summed E-state index contributed by atoms with van der Waals surface area (Å²) < 4.78 is 0. The highest BCUT2D eigenvalue weighted by Crippen LogP contribution is 2.09. The highest BCUT2D eigenvalue weighted by Gasteiger charge is 2.02. The summed E-state index contributed by atoms with van der Waals surface area (Å²) in [5.74, 6) is 1.52. The first kappa shape index (κ1) is 11.5. The quantitative estimate of drug-likeness (QED) is 0.757. The molecular formula is C8H16ClN3. The minimum absolute atomic E-state index is 0. The van der Waals surface area contributed by atoms with Gasteiger partial charge in [-0.05, 0) is 6.54 Å². The third kappa shape index (κ3) is 2.83. The Morgan fingerprint density at radius 2 is 2.25 bits per heavy atom. The summed E-state index contributed by atoms with van der Waals surface area (Å²) in [6.07, 6.45) is 2.75. The van der Waals surface area contributed by atoms with Crippen LogP contribution in [-0.4, -0.2) is 16.5 Å². The van der Waals surface area contributed by atoms with E-state index in [1.54, 1.807) is 0 Å². The SMILES string of the molecule is CC(C)c1ncc(CCN)[nH]1.Cl. The van der Waals surface area contributed by atoms with Crippen LogP contribution in [0.5, 0.6) is 0 Å².